The first kappa shape index (κ1) is 57.4. The van der Waals surface area contributed by atoms with Crippen LogP contribution in [0.4, 0.5) is 0 Å². The number of unbranched alkanes of at least 4 members (excludes halogenated alkanes) is 1. The van der Waals surface area contributed by atoms with Gasteiger partial charge in [-0.05, 0) is 68.8 Å². The first-order valence-electron chi connectivity index (χ1n) is 24.0. The molecule has 1 aliphatic heterocycles. The molecule has 1 aliphatic rings. The summed E-state index contributed by atoms with van der Waals surface area (Å²) in [6, 6.07) is 13.9. The molecule has 73 heavy (non-hydrogen) atoms. The van der Waals surface area contributed by atoms with E-state index in [4.69, 9.17) is 17.2 Å². The Balaban J connectivity index is 1.60. The molecule has 4 aromatic rings. The van der Waals surface area contributed by atoms with Crippen LogP contribution in [-0.2, 0) is 57.6 Å². The van der Waals surface area contributed by atoms with E-state index in [2.05, 4.69) is 36.9 Å². The van der Waals surface area contributed by atoms with Crippen LogP contribution in [0.1, 0.15) is 49.8 Å². The standard InChI is InChI=1S/C50H67N11O10S2/c1-28(62)41(43(53)64)59-47(68)39-27-73-72-26-38(57-44(65)34(52)22-30-14-6-4-7-15-30)46(67)55-36(23-31-16-8-5-9-17-31)45(66)56-37(24-32-25-54-35-19-11-10-18-33(32)35)50(71)61(3)40(20-12-13-21-51)48(69)60-42(29(2)63)49(70)58-39/h4-11,14-19,25,28-29,34,36-42,54,62-63H,12-13,20-24,26-27,51-52H2,1-3H3,(H2,53,64)(H,55,67)(H,56,66)(H,57,65)(H,58,70)(H,59,68)(H,60,69)/t28-,29-,34-,36+,37-,38+,39+,40+,41+,42+/m1/s1. The Bertz CT molecular complexity index is 2520. The van der Waals surface area contributed by atoms with Crippen molar-refractivity contribution < 1.29 is 48.6 Å². The van der Waals surface area contributed by atoms with Crippen molar-refractivity contribution in [2.75, 3.05) is 25.1 Å². The van der Waals surface area contributed by atoms with Gasteiger partial charge in [-0.3, -0.25) is 38.4 Å². The average molecular weight is 1050 g/mol. The minimum Gasteiger partial charge on any atom is -0.391 e. The molecule has 0 spiro atoms. The van der Waals surface area contributed by atoms with Gasteiger partial charge in [-0.1, -0.05) is 100 Å². The van der Waals surface area contributed by atoms with Gasteiger partial charge in [0.05, 0.1) is 18.2 Å². The van der Waals surface area contributed by atoms with Crippen LogP contribution in [0.3, 0.4) is 0 Å². The molecule has 1 aromatic heterocycles. The highest BCUT2D eigenvalue weighted by Gasteiger charge is 2.39. The van der Waals surface area contributed by atoms with E-state index < -0.39 is 108 Å². The molecule has 0 bridgehead atoms. The molecule has 8 amide bonds. The van der Waals surface area contributed by atoms with Crippen LogP contribution in [0.15, 0.2) is 91.1 Å². The number of para-hydroxylation sites is 1. The summed E-state index contributed by atoms with van der Waals surface area (Å²) >= 11 is 0. The molecule has 5 rings (SSSR count). The van der Waals surface area contributed by atoms with Crippen LogP contribution in [-0.4, -0.2) is 153 Å². The summed E-state index contributed by atoms with van der Waals surface area (Å²) in [4.78, 5) is 117. The van der Waals surface area contributed by atoms with Gasteiger partial charge in [0.1, 0.15) is 42.3 Å². The molecule has 0 saturated carbocycles. The van der Waals surface area contributed by atoms with Crippen LogP contribution < -0.4 is 49.1 Å². The van der Waals surface area contributed by atoms with Crippen molar-refractivity contribution in [1.29, 1.82) is 0 Å². The Morgan fingerprint density at radius 2 is 1.40 bits per heavy atom. The monoisotopic (exact) mass is 1050 g/mol. The molecule has 1 saturated heterocycles. The molecule has 21 nitrogen and oxygen atoms in total. The number of H-pyrrole nitrogens is 1. The number of aliphatic hydroxyl groups is 2. The molecule has 1 fully saturated rings. The molecule has 0 radical (unpaired) electrons. The van der Waals surface area contributed by atoms with E-state index in [1.54, 1.807) is 60.8 Å². The molecular weight excluding hydrogens is 979 g/mol. The average Bonchev–Trinajstić information content (AvgIpc) is 3.77. The number of primary amides is 1. The Morgan fingerprint density at radius 3 is 2.04 bits per heavy atom. The SMILES string of the molecule is C[C@@H](O)[C@H](NC(=O)[C@@H]1CSSC[C@H](NC(=O)[C@H](N)Cc2ccccc2)C(=O)N[C@@H](Cc2ccccc2)C(=O)N[C@H](Cc2c[nH]c3ccccc23)C(=O)N(C)[C@@H](CCCCN)C(=O)N[C@@H]([C@@H](C)O)C(=O)N1)C(N)=O. The maximum Gasteiger partial charge on any atom is 0.245 e. The lowest BCUT2D eigenvalue weighted by Gasteiger charge is -2.33. The van der Waals surface area contributed by atoms with Crippen molar-refractivity contribution in [3.8, 4) is 0 Å². The van der Waals surface area contributed by atoms with Gasteiger partial charge in [-0.2, -0.15) is 0 Å². The highest BCUT2D eigenvalue weighted by Crippen LogP contribution is 2.25. The van der Waals surface area contributed by atoms with E-state index >= 15 is 4.79 Å². The zero-order chi connectivity index (χ0) is 53.2. The minimum atomic E-state index is -1.71. The number of carbonyl (C=O) groups excluding carboxylic acids is 8. The normalized spacial score (nSPS) is 22.6. The number of aliphatic hydroxyl groups excluding tert-OH is 2. The highest BCUT2D eigenvalue weighted by atomic mass is 33.1. The topological polar surface area (TPSA) is 346 Å². The highest BCUT2D eigenvalue weighted by molar-refractivity contribution is 8.76. The quantitative estimate of drug-likeness (QED) is 0.0448. The van der Waals surface area contributed by atoms with Crippen molar-refractivity contribution in [1.82, 2.24) is 41.8 Å². The Hall–Kier alpha value is -6.50. The van der Waals surface area contributed by atoms with E-state index in [-0.39, 0.29) is 43.7 Å². The van der Waals surface area contributed by atoms with Gasteiger partial charge in [0.2, 0.25) is 47.3 Å². The summed E-state index contributed by atoms with van der Waals surface area (Å²) in [5, 5.41) is 37.8. The summed E-state index contributed by atoms with van der Waals surface area (Å²) in [7, 11) is 3.34. The molecule has 15 N–H and O–H groups in total. The maximum absolute atomic E-state index is 15.0. The van der Waals surface area contributed by atoms with Crippen LogP contribution in [0, 0.1) is 0 Å². The molecule has 0 unspecified atom stereocenters. The number of benzene rings is 3. The summed E-state index contributed by atoms with van der Waals surface area (Å²) < 4.78 is 0. The summed E-state index contributed by atoms with van der Waals surface area (Å²) in [5.74, 6) is -7.35. The third kappa shape index (κ3) is 16.8. The van der Waals surface area contributed by atoms with Gasteiger partial charge in [0.25, 0.3) is 0 Å². The fraction of sp³-hybridized carbons (Fsp3) is 0.440. The summed E-state index contributed by atoms with van der Waals surface area (Å²) in [6.45, 7) is 2.72. The van der Waals surface area contributed by atoms with Gasteiger partial charge in [-0.25, -0.2) is 0 Å². The lowest BCUT2D eigenvalue weighted by Crippen LogP contribution is -2.63. The summed E-state index contributed by atoms with van der Waals surface area (Å²) in [6.07, 6.45) is -0.487. The number of rotatable bonds is 17. The van der Waals surface area contributed by atoms with E-state index in [1.165, 1.54) is 20.9 Å². The predicted octanol–water partition coefficient (Wildman–Crippen LogP) is -0.970. The van der Waals surface area contributed by atoms with E-state index in [0.29, 0.717) is 24.0 Å². The van der Waals surface area contributed by atoms with Crippen molar-refractivity contribution in [2.45, 2.75) is 113 Å². The second-order valence-corrected chi connectivity index (χ2v) is 20.5. The van der Waals surface area contributed by atoms with Crippen molar-refractivity contribution >= 4 is 79.7 Å². The maximum atomic E-state index is 15.0. The minimum absolute atomic E-state index is 0.0364. The predicted molar refractivity (Wildman–Crippen MR) is 279 cm³/mol. The van der Waals surface area contributed by atoms with Crippen LogP contribution in [0.25, 0.3) is 10.9 Å². The number of aromatic amines is 1. The van der Waals surface area contributed by atoms with Gasteiger partial charge in [0, 0.05) is 48.5 Å². The molecule has 10 atom stereocenters. The Kier molecular flexibility index (Phi) is 22.1. The van der Waals surface area contributed by atoms with Crippen LogP contribution >= 0.6 is 21.6 Å². The fourth-order valence-electron chi connectivity index (χ4n) is 8.14. The number of likely N-dealkylation sites (N-methyl/N-ethyl adjacent to an activating group) is 1. The van der Waals surface area contributed by atoms with Gasteiger partial charge in [0.15, 0.2) is 0 Å². The van der Waals surface area contributed by atoms with Gasteiger partial charge in [-0.15, -0.1) is 0 Å². The molecule has 2 heterocycles. The number of amides is 8. The van der Waals surface area contributed by atoms with E-state index in [0.717, 1.165) is 43.0 Å². The number of fused-ring (bicyclic) bond motifs is 1. The zero-order valence-electron chi connectivity index (χ0n) is 41.0. The van der Waals surface area contributed by atoms with Crippen molar-refractivity contribution in [3.05, 3.63) is 108 Å². The van der Waals surface area contributed by atoms with E-state index in [1.807, 2.05) is 30.3 Å². The van der Waals surface area contributed by atoms with Crippen LogP contribution in [0.5, 0.6) is 0 Å². The Labute approximate surface area is 431 Å². The van der Waals surface area contributed by atoms with E-state index in [9.17, 15) is 43.8 Å². The number of aromatic nitrogens is 1. The number of nitrogens with zero attached hydrogens (tertiary/aromatic N) is 1. The van der Waals surface area contributed by atoms with Crippen molar-refractivity contribution in [3.63, 3.8) is 0 Å². The lowest BCUT2D eigenvalue weighted by atomic mass is 10.00. The largest absolute Gasteiger partial charge is 0.391 e. The van der Waals surface area contributed by atoms with Crippen molar-refractivity contribution in [2.24, 2.45) is 17.2 Å². The first-order valence-corrected chi connectivity index (χ1v) is 26.4. The third-order valence-electron chi connectivity index (χ3n) is 12.3. The zero-order valence-corrected chi connectivity index (χ0v) is 42.6. The first-order chi connectivity index (χ1) is 34.9. The molecule has 394 valence electrons. The second-order valence-electron chi connectivity index (χ2n) is 18.0. The number of carbonyl (C=O) groups is 8. The van der Waals surface area contributed by atoms with Gasteiger partial charge < -0.3 is 69.2 Å². The third-order valence-corrected chi connectivity index (χ3v) is 14.7. The fourth-order valence-corrected chi connectivity index (χ4v) is 10.5. The van der Waals surface area contributed by atoms with Crippen LogP contribution in [0.2, 0.25) is 0 Å². The number of nitrogens with two attached hydrogens (primary N) is 3. The van der Waals surface area contributed by atoms with Gasteiger partial charge >= 0.3 is 0 Å². The molecule has 3 aromatic carbocycles. The number of hydrogen-bond acceptors (Lipinski definition) is 14. The molecule has 23 heteroatoms. The molecular formula is C50H67N11O10S2. The lowest BCUT2D eigenvalue weighted by molar-refractivity contribution is -0.144. The summed E-state index contributed by atoms with van der Waals surface area (Å²) in [5.41, 5.74) is 20.5. The smallest absolute Gasteiger partial charge is 0.245 e. The molecule has 0 aliphatic carbocycles. The Morgan fingerprint density at radius 1 is 0.767 bits per heavy atom. The number of nitrogens with one attached hydrogen (secondary N) is 7. The number of hydrogen-bond donors (Lipinski definition) is 12. The second kappa shape index (κ2) is 28.1.